The minimum Gasteiger partial charge on any atom is -0.497 e. The lowest BCUT2D eigenvalue weighted by Crippen LogP contribution is -2.34. The van der Waals surface area contributed by atoms with Crippen LogP contribution in [0.2, 0.25) is 0 Å². The van der Waals surface area contributed by atoms with E-state index in [1.165, 1.54) is 0 Å². The molecule has 0 aliphatic carbocycles. The highest BCUT2D eigenvalue weighted by Crippen LogP contribution is 2.25. The standard InChI is InChI=1S/C13H16N2O3/c1-13(2)12(16)14-11(15-13)8-5-9(17-3)7-10(6-8)18-4/h5-7H,1-4H3,(H,14,15,16). The molecular formula is C13H16N2O3. The van der Waals surface area contributed by atoms with Gasteiger partial charge < -0.3 is 14.8 Å². The lowest BCUT2D eigenvalue weighted by molar-refractivity contribution is -0.122. The summed E-state index contributed by atoms with van der Waals surface area (Å²) in [5, 5.41) is 2.76. The van der Waals surface area contributed by atoms with Gasteiger partial charge in [-0.1, -0.05) is 0 Å². The molecule has 0 bridgehead atoms. The van der Waals surface area contributed by atoms with Crippen molar-refractivity contribution in [1.82, 2.24) is 5.32 Å². The maximum absolute atomic E-state index is 11.7. The van der Waals surface area contributed by atoms with Crippen molar-refractivity contribution in [2.24, 2.45) is 4.99 Å². The third-order valence-electron chi connectivity index (χ3n) is 2.80. The highest BCUT2D eigenvalue weighted by molar-refractivity contribution is 6.15. The van der Waals surface area contributed by atoms with Crippen LogP contribution in [-0.2, 0) is 4.79 Å². The molecule has 1 aromatic carbocycles. The van der Waals surface area contributed by atoms with E-state index in [0.29, 0.717) is 17.3 Å². The molecule has 1 aromatic rings. The number of hydrogen-bond acceptors (Lipinski definition) is 4. The smallest absolute Gasteiger partial charge is 0.252 e. The van der Waals surface area contributed by atoms with Gasteiger partial charge >= 0.3 is 0 Å². The van der Waals surface area contributed by atoms with Crippen molar-refractivity contribution in [3.63, 3.8) is 0 Å². The molecule has 5 heteroatoms. The van der Waals surface area contributed by atoms with E-state index in [2.05, 4.69) is 10.3 Å². The Morgan fingerprint density at radius 1 is 1.11 bits per heavy atom. The van der Waals surface area contributed by atoms with Crippen LogP contribution in [0.25, 0.3) is 0 Å². The largest absolute Gasteiger partial charge is 0.497 e. The van der Waals surface area contributed by atoms with Crippen LogP contribution in [0.1, 0.15) is 19.4 Å². The van der Waals surface area contributed by atoms with Crippen LogP contribution in [0, 0.1) is 0 Å². The summed E-state index contributed by atoms with van der Waals surface area (Å²) in [7, 11) is 3.16. The topological polar surface area (TPSA) is 59.9 Å². The molecule has 1 aliphatic heterocycles. The zero-order chi connectivity index (χ0) is 13.3. The van der Waals surface area contributed by atoms with Crippen molar-refractivity contribution < 1.29 is 14.3 Å². The van der Waals surface area contributed by atoms with Crippen LogP contribution < -0.4 is 14.8 Å². The molecular weight excluding hydrogens is 232 g/mol. The zero-order valence-corrected chi connectivity index (χ0v) is 10.9. The zero-order valence-electron chi connectivity index (χ0n) is 10.9. The Morgan fingerprint density at radius 2 is 1.67 bits per heavy atom. The number of nitrogens with zero attached hydrogens (tertiary/aromatic N) is 1. The molecule has 0 saturated heterocycles. The van der Waals surface area contributed by atoms with E-state index in [4.69, 9.17) is 9.47 Å². The summed E-state index contributed by atoms with van der Waals surface area (Å²) in [6.07, 6.45) is 0. The average molecular weight is 248 g/mol. The molecule has 0 aromatic heterocycles. The van der Waals surface area contributed by atoms with Crippen molar-refractivity contribution in [2.45, 2.75) is 19.4 Å². The summed E-state index contributed by atoms with van der Waals surface area (Å²) >= 11 is 0. The fraction of sp³-hybridized carbons (Fsp3) is 0.385. The Hall–Kier alpha value is -2.04. The van der Waals surface area contributed by atoms with Crippen LogP contribution in [0.5, 0.6) is 11.5 Å². The molecule has 0 unspecified atom stereocenters. The Balaban J connectivity index is 2.43. The summed E-state index contributed by atoms with van der Waals surface area (Å²) in [5.41, 5.74) is 0.0381. The molecule has 0 atom stereocenters. The van der Waals surface area contributed by atoms with Crippen molar-refractivity contribution in [3.05, 3.63) is 23.8 Å². The van der Waals surface area contributed by atoms with Gasteiger partial charge in [0.1, 0.15) is 22.9 Å². The van der Waals surface area contributed by atoms with Crippen molar-refractivity contribution >= 4 is 11.7 Å². The minimum absolute atomic E-state index is 0.112. The number of carbonyl (C=O) groups is 1. The maximum atomic E-state index is 11.7. The molecule has 0 saturated carbocycles. The molecule has 0 spiro atoms. The highest BCUT2D eigenvalue weighted by Gasteiger charge is 2.34. The number of aliphatic imine (C=N–C) groups is 1. The summed E-state index contributed by atoms with van der Waals surface area (Å²) in [6.45, 7) is 3.54. The third-order valence-corrected chi connectivity index (χ3v) is 2.80. The lowest BCUT2D eigenvalue weighted by atomic mass is 10.1. The predicted octanol–water partition coefficient (Wildman–Crippen LogP) is 1.36. The van der Waals surface area contributed by atoms with E-state index in [1.807, 2.05) is 12.1 Å². The van der Waals surface area contributed by atoms with Crippen LogP contribution in [-0.4, -0.2) is 31.5 Å². The predicted molar refractivity (Wildman–Crippen MR) is 68.3 cm³/mol. The second kappa shape index (κ2) is 4.33. The van der Waals surface area contributed by atoms with E-state index in [-0.39, 0.29) is 5.91 Å². The van der Waals surface area contributed by atoms with Gasteiger partial charge in [0.2, 0.25) is 0 Å². The Bertz CT molecular complexity index is 499. The number of ether oxygens (including phenoxy) is 2. The summed E-state index contributed by atoms with van der Waals surface area (Å²) in [5.74, 6) is 1.75. The monoisotopic (exact) mass is 248 g/mol. The molecule has 96 valence electrons. The Kier molecular flexibility index (Phi) is 2.98. The molecule has 0 radical (unpaired) electrons. The number of benzene rings is 1. The first-order valence-corrected chi connectivity index (χ1v) is 5.61. The van der Waals surface area contributed by atoms with Crippen LogP contribution >= 0.6 is 0 Å². The highest BCUT2D eigenvalue weighted by atomic mass is 16.5. The second-order valence-electron chi connectivity index (χ2n) is 4.57. The minimum atomic E-state index is -0.731. The van der Waals surface area contributed by atoms with E-state index in [0.717, 1.165) is 5.56 Å². The van der Waals surface area contributed by atoms with Gasteiger partial charge in [0, 0.05) is 11.6 Å². The van der Waals surface area contributed by atoms with Gasteiger partial charge in [0.05, 0.1) is 14.2 Å². The fourth-order valence-corrected chi connectivity index (χ4v) is 1.70. The van der Waals surface area contributed by atoms with Crippen LogP contribution in [0.15, 0.2) is 23.2 Å². The van der Waals surface area contributed by atoms with Gasteiger partial charge in [0.15, 0.2) is 0 Å². The molecule has 5 nitrogen and oxygen atoms in total. The van der Waals surface area contributed by atoms with Gasteiger partial charge in [0.25, 0.3) is 5.91 Å². The maximum Gasteiger partial charge on any atom is 0.252 e. The number of hydrogen-bond donors (Lipinski definition) is 1. The van der Waals surface area contributed by atoms with Crippen molar-refractivity contribution in [3.8, 4) is 11.5 Å². The van der Waals surface area contributed by atoms with Gasteiger partial charge in [-0.05, 0) is 26.0 Å². The molecule has 0 fully saturated rings. The SMILES string of the molecule is COc1cc(OC)cc(C2=NC(C)(C)C(=O)N2)c1. The summed E-state index contributed by atoms with van der Waals surface area (Å²) in [6, 6.07) is 5.39. The molecule has 1 N–H and O–H groups in total. The summed E-state index contributed by atoms with van der Waals surface area (Å²) in [4.78, 5) is 16.1. The van der Waals surface area contributed by atoms with Crippen molar-refractivity contribution in [2.75, 3.05) is 14.2 Å². The first kappa shape index (κ1) is 12.4. The summed E-state index contributed by atoms with van der Waals surface area (Å²) < 4.78 is 10.4. The van der Waals surface area contributed by atoms with Crippen LogP contribution in [0.4, 0.5) is 0 Å². The molecule has 2 rings (SSSR count). The fourth-order valence-electron chi connectivity index (χ4n) is 1.70. The second-order valence-corrected chi connectivity index (χ2v) is 4.57. The molecule has 1 amide bonds. The first-order valence-electron chi connectivity index (χ1n) is 5.61. The Morgan fingerprint density at radius 3 is 2.06 bits per heavy atom. The van der Waals surface area contributed by atoms with Crippen LogP contribution in [0.3, 0.4) is 0 Å². The van der Waals surface area contributed by atoms with E-state index >= 15 is 0 Å². The number of amidine groups is 1. The lowest BCUT2D eigenvalue weighted by Gasteiger charge is -2.08. The number of carbonyl (C=O) groups excluding carboxylic acids is 1. The van der Waals surface area contributed by atoms with E-state index in [1.54, 1.807) is 34.1 Å². The normalized spacial score (nSPS) is 17.1. The average Bonchev–Trinajstić information content (AvgIpc) is 2.63. The van der Waals surface area contributed by atoms with Gasteiger partial charge in [-0.3, -0.25) is 9.79 Å². The number of methoxy groups -OCH3 is 2. The van der Waals surface area contributed by atoms with Crippen molar-refractivity contribution in [1.29, 1.82) is 0 Å². The van der Waals surface area contributed by atoms with E-state index in [9.17, 15) is 4.79 Å². The molecule has 1 aliphatic rings. The van der Waals surface area contributed by atoms with E-state index < -0.39 is 5.54 Å². The third kappa shape index (κ3) is 2.16. The Labute approximate surface area is 106 Å². The molecule has 18 heavy (non-hydrogen) atoms. The number of rotatable bonds is 3. The van der Waals surface area contributed by atoms with Gasteiger partial charge in [-0.25, -0.2) is 0 Å². The number of nitrogens with one attached hydrogen (secondary N) is 1. The van der Waals surface area contributed by atoms with Gasteiger partial charge in [-0.2, -0.15) is 0 Å². The quantitative estimate of drug-likeness (QED) is 0.878. The van der Waals surface area contributed by atoms with Gasteiger partial charge in [-0.15, -0.1) is 0 Å². The first-order chi connectivity index (χ1) is 8.46. The molecule has 1 heterocycles. The number of amides is 1.